The lowest BCUT2D eigenvalue weighted by Crippen LogP contribution is -2.37. The minimum Gasteiger partial charge on any atom is -0.493 e. The molecule has 9 nitrogen and oxygen atoms in total. The molecule has 144 valence electrons. The first-order valence-corrected chi connectivity index (χ1v) is 7.92. The maximum Gasteiger partial charge on any atom is 0.334 e. The fourth-order valence-electron chi connectivity index (χ4n) is 1.99. The number of ether oxygens (including phenoxy) is 3. The number of hydrogen-bond acceptors (Lipinski definition) is 6. The van der Waals surface area contributed by atoms with Gasteiger partial charge in [0, 0.05) is 18.7 Å². The van der Waals surface area contributed by atoms with Crippen molar-refractivity contribution in [3.8, 4) is 11.5 Å². The van der Waals surface area contributed by atoms with Gasteiger partial charge >= 0.3 is 5.97 Å². The Bertz CT molecular complexity index is 646. The van der Waals surface area contributed by atoms with E-state index in [9.17, 15) is 14.4 Å². The van der Waals surface area contributed by atoms with Gasteiger partial charge in [-0.3, -0.25) is 9.59 Å². The van der Waals surface area contributed by atoms with Crippen molar-refractivity contribution in [2.45, 2.75) is 26.0 Å². The molecule has 0 saturated carbocycles. The molecule has 1 aromatic rings. The molecular weight excluding hydrogens is 344 g/mol. The van der Waals surface area contributed by atoms with Gasteiger partial charge in [-0.25, -0.2) is 4.79 Å². The molecule has 0 aliphatic rings. The van der Waals surface area contributed by atoms with Gasteiger partial charge in [-0.15, -0.1) is 0 Å². The molecular formula is C17H24N2O7. The van der Waals surface area contributed by atoms with E-state index in [1.165, 1.54) is 32.4 Å². The van der Waals surface area contributed by atoms with E-state index in [4.69, 9.17) is 19.3 Å². The first-order valence-electron chi connectivity index (χ1n) is 7.92. The number of benzene rings is 1. The minimum atomic E-state index is -1.17. The highest BCUT2D eigenvalue weighted by Gasteiger charge is 2.18. The normalized spacial score (nSPS) is 11.6. The Morgan fingerprint density at radius 1 is 1.15 bits per heavy atom. The van der Waals surface area contributed by atoms with Crippen molar-refractivity contribution in [2.24, 2.45) is 0 Å². The standard InChI is InChI=1S/C17H24N2O7/c1-10(2)19-15(20)9-26-12-6-5-11(7-13(12)24-3)16(21)18-8-14(25-4)17(22)23/h5-7,10,14H,8-9H2,1-4H3,(H,18,21)(H,19,20)(H,22,23). The lowest BCUT2D eigenvalue weighted by atomic mass is 10.2. The topological polar surface area (TPSA) is 123 Å². The number of carboxylic acids is 1. The molecule has 0 heterocycles. The molecule has 0 aromatic heterocycles. The lowest BCUT2D eigenvalue weighted by Gasteiger charge is -2.14. The Balaban J connectivity index is 2.73. The molecule has 0 aliphatic heterocycles. The van der Waals surface area contributed by atoms with Crippen LogP contribution in [-0.2, 0) is 14.3 Å². The molecule has 0 bridgehead atoms. The highest BCUT2D eigenvalue weighted by Crippen LogP contribution is 2.28. The Labute approximate surface area is 151 Å². The average Bonchev–Trinajstić information content (AvgIpc) is 2.59. The zero-order valence-corrected chi connectivity index (χ0v) is 15.2. The van der Waals surface area contributed by atoms with Crippen molar-refractivity contribution in [1.29, 1.82) is 0 Å². The highest BCUT2D eigenvalue weighted by atomic mass is 16.5. The zero-order valence-electron chi connectivity index (χ0n) is 15.2. The van der Waals surface area contributed by atoms with Crippen LogP contribution in [0.25, 0.3) is 0 Å². The zero-order chi connectivity index (χ0) is 19.7. The van der Waals surface area contributed by atoms with Gasteiger partial charge in [-0.2, -0.15) is 0 Å². The van der Waals surface area contributed by atoms with Crippen LogP contribution in [0.4, 0.5) is 0 Å². The van der Waals surface area contributed by atoms with Crippen LogP contribution in [0.5, 0.6) is 11.5 Å². The number of carbonyl (C=O) groups excluding carboxylic acids is 2. The maximum absolute atomic E-state index is 12.1. The van der Waals surface area contributed by atoms with Crippen molar-refractivity contribution in [1.82, 2.24) is 10.6 Å². The second-order valence-corrected chi connectivity index (χ2v) is 5.65. The summed E-state index contributed by atoms with van der Waals surface area (Å²) in [6.07, 6.45) is -1.14. The van der Waals surface area contributed by atoms with Crippen LogP contribution in [0.3, 0.4) is 0 Å². The van der Waals surface area contributed by atoms with Crippen molar-refractivity contribution >= 4 is 17.8 Å². The number of aliphatic carboxylic acids is 1. The third kappa shape index (κ3) is 6.60. The second kappa shape index (κ2) is 10.2. The van der Waals surface area contributed by atoms with E-state index in [1.54, 1.807) is 0 Å². The Hall–Kier alpha value is -2.81. The number of rotatable bonds is 10. The predicted molar refractivity (Wildman–Crippen MR) is 92.5 cm³/mol. The minimum absolute atomic E-state index is 0.000737. The molecule has 0 radical (unpaired) electrons. The van der Waals surface area contributed by atoms with Gasteiger partial charge in [0.15, 0.2) is 24.2 Å². The summed E-state index contributed by atoms with van der Waals surface area (Å²) in [5.41, 5.74) is 0.251. The molecule has 0 saturated heterocycles. The van der Waals surface area contributed by atoms with Crippen LogP contribution in [0.15, 0.2) is 18.2 Å². The summed E-state index contributed by atoms with van der Waals surface area (Å²) in [4.78, 5) is 34.6. The monoisotopic (exact) mass is 368 g/mol. The molecule has 26 heavy (non-hydrogen) atoms. The van der Waals surface area contributed by atoms with Gasteiger partial charge in [0.05, 0.1) is 13.7 Å². The molecule has 1 atom stereocenters. The molecule has 0 aliphatic carbocycles. The van der Waals surface area contributed by atoms with Crippen LogP contribution in [0, 0.1) is 0 Å². The van der Waals surface area contributed by atoms with E-state index in [0.717, 1.165) is 0 Å². The third-order valence-corrected chi connectivity index (χ3v) is 3.24. The summed E-state index contributed by atoms with van der Waals surface area (Å²) in [6.45, 7) is 3.31. The summed E-state index contributed by atoms with van der Waals surface area (Å²) in [6, 6.07) is 4.42. The Morgan fingerprint density at radius 3 is 2.38 bits per heavy atom. The van der Waals surface area contributed by atoms with Gasteiger partial charge in [-0.05, 0) is 32.0 Å². The molecule has 1 unspecified atom stereocenters. The van der Waals surface area contributed by atoms with E-state index in [2.05, 4.69) is 10.6 Å². The molecule has 9 heteroatoms. The molecule has 0 spiro atoms. The van der Waals surface area contributed by atoms with Crippen LogP contribution in [0.1, 0.15) is 24.2 Å². The van der Waals surface area contributed by atoms with Crippen LogP contribution in [-0.4, -0.2) is 62.4 Å². The SMILES string of the molecule is COc1cc(C(=O)NCC(OC)C(=O)O)ccc1OCC(=O)NC(C)C. The summed E-state index contributed by atoms with van der Waals surface area (Å²) < 4.78 is 15.3. The van der Waals surface area contributed by atoms with Gasteiger partial charge < -0.3 is 30.0 Å². The summed E-state index contributed by atoms with van der Waals surface area (Å²) in [5.74, 6) is -1.35. The predicted octanol–water partition coefficient (Wildman–Crippen LogP) is 0.428. The summed E-state index contributed by atoms with van der Waals surface area (Å²) in [5, 5.41) is 14.1. The fraction of sp³-hybridized carbons (Fsp3) is 0.471. The van der Waals surface area contributed by atoms with Crippen LogP contribution >= 0.6 is 0 Å². The number of hydrogen-bond donors (Lipinski definition) is 3. The molecule has 1 aromatic carbocycles. The summed E-state index contributed by atoms with van der Waals surface area (Å²) in [7, 11) is 2.65. The third-order valence-electron chi connectivity index (χ3n) is 3.24. The van der Waals surface area contributed by atoms with E-state index < -0.39 is 18.0 Å². The largest absolute Gasteiger partial charge is 0.493 e. The fourth-order valence-corrected chi connectivity index (χ4v) is 1.99. The van der Waals surface area contributed by atoms with Crippen molar-refractivity contribution < 1.29 is 33.7 Å². The first-order chi connectivity index (χ1) is 12.3. The first kappa shape index (κ1) is 21.2. The van der Waals surface area contributed by atoms with Gasteiger partial charge in [-0.1, -0.05) is 0 Å². The lowest BCUT2D eigenvalue weighted by molar-refractivity contribution is -0.148. The van der Waals surface area contributed by atoms with Crippen molar-refractivity contribution in [2.75, 3.05) is 27.4 Å². The number of amides is 2. The smallest absolute Gasteiger partial charge is 0.334 e. The van der Waals surface area contributed by atoms with Crippen LogP contribution < -0.4 is 20.1 Å². The van der Waals surface area contributed by atoms with Gasteiger partial charge in [0.25, 0.3) is 11.8 Å². The van der Waals surface area contributed by atoms with Crippen molar-refractivity contribution in [3.05, 3.63) is 23.8 Å². The molecule has 0 fully saturated rings. The quantitative estimate of drug-likeness (QED) is 0.547. The second-order valence-electron chi connectivity index (χ2n) is 5.65. The number of carbonyl (C=O) groups is 3. The number of methoxy groups -OCH3 is 2. The van der Waals surface area contributed by atoms with E-state index >= 15 is 0 Å². The van der Waals surface area contributed by atoms with E-state index in [0.29, 0.717) is 5.75 Å². The molecule has 1 rings (SSSR count). The molecule has 2 amide bonds. The maximum atomic E-state index is 12.1. The highest BCUT2D eigenvalue weighted by molar-refractivity contribution is 5.95. The van der Waals surface area contributed by atoms with Crippen LogP contribution in [0.2, 0.25) is 0 Å². The Kier molecular flexibility index (Phi) is 8.36. The average molecular weight is 368 g/mol. The van der Waals surface area contributed by atoms with Crippen molar-refractivity contribution in [3.63, 3.8) is 0 Å². The summed E-state index contributed by atoms with van der Waals surface area (Å²) >= 11 is 0. The van der Waals surface area contributed by atoms with Gasteiger partial charge in [0.2, 0.25) is 0 Å². The number of carboxylic acid groups (broad SMARTS) is 1. The van der Waals surface area contributed by atoms with Gasteiger partial charge in [0.1, 0.15) is 0 Å². The Morgan fingerprint density at radius 2 is 1.85 bits per heavy atom. The number of nitrogens with one attached hydrogen (secondary N) is 2. The van der Waals surface area contributed by atoms with E-state index in [1.807, 2.05) is 13.8 Å². The molecule has 3 N–H and O–H groups in total. The van der Waals surface area contributed by atoms with E-state index in [-0.39, 0.29) is 36.4 Å².